The van der Waals surface area contributed by atoms with E-state index in [9.17, 15) is 4.79 Å². The van der Waals surface area contributed by atoms with Crippen LogP contribution >= 0.6 is 0 Å². The Labute approximate surface area is 79.8 Å². The molecular weight excluding hydrogens is 168 g/mol. The van der Waals surface area contributed by atoms with Crippen LogP contribution in [0.5, 0.6) is 0 Å². The van der Waals surface area contributed by atoms with Crippen LogP contribution in [0, 0.1) is 0 Å². The normalized spacial score (nSPS) is 12.8. The molecule has 0 bridgehead atoms. The Morgan fingerprint density at radius 2 is 1.85 bits per heavy atom. The fraction of sp³-hybridized carbons (Fsp3) is 0.889. The van der Waals surface area contributed by atoms with E-state index in [-0.39, 0.29) is 11.4 Å². The molecule has 78 valence electrons. The Morgan fingerprint density at radius 1 is 1.38 bits per heavy atom. The van der Waals surface area contributed by atoms with Gasteiger partial charge in [0.25, 0.3) is 5.91 Å². The first-order chi connectivity index (χ1) is 5.69. The number of rotatable bonds is 4. The van der Waals surface area contributed by atoms with E-state index in [1.165, 1.54) is 7.11 Å². The zero-order valence-corrected chi connectivity index (χ0v) is 9.10. The van der Waals surface area contributed by atoms with Gasteiger partial charge in [-0.15, -0.1) is 0 Å². The molecule has 0 aliphatic rings. The van der Waals surface area contributed by atoms with E-state index < -0.39 is 5.60 Å². The molecule has 0 fully saturated rings. The average molecular weight is 188 g/mol. The van der Waals surface area contributed by atoms with Gasteiger partial charge >= 0.3 is 0 Å². The molecule has 0 aromatic heterocycles. The number of hydrogen-bond donors (Lipinski definition) is 2. The molecule has 0 radical (unpaired) electrons. The van der Waals surface area contributed by atoms with Crippen LogP contribution in [0.4, 0.5) is 0 Å². The van der Waals surface area contributed by atoms with Crippen LogP contribution in [0.1, 0.15) is 27.7 Å². The third-order valence-corrected chi connectivity index (χ3v) is 1.76. The van der Waals surface area contributed by atoms with Crippen molar-refractivity contribution in [3.8, 4) is 0 Å². The molecule has 0 rings (SSSR count). The number of nitrogens with one attached hydrogen (secondary N) is 1. The first-order valence-electron chi connectivity index (χ1n) is 4.31. The predicted molar refractivity (Wildman–Crippen MR) is 52.4 cm³/mol. The lowest BCUT2D eigenvalue weighted by Crippen LogP contribution is -2.51. The molecule has 0 aliphatic carbocycles. The zero-order chi connectivity index (χ0) is 10.7. The Balaban J connectivity index is 4.03. The van der Waals surface area contributed by atoms with Gasteiger partial charge < -0.3 is 15.8 Å². The topological polar surface area (TPSA) is 64.3 Å². The van der Waals surface area contributed by atoms with E-state index in [4.69, 9.17) is 10.5 Å². The number of carbonyl (C=O) groups excluding carboxylic acids is 1. The average Bonchev–Trinajstić information content (AvgIpc) is 1.98. The molecule has 4 nitrogen and oxygen atoms in total. The molecule has 1 amide bonds. The van der Waals surface area contributed by atoms with Crippen LogP contribution < -0.4 is 11.1 Å². The van der Waals surface area contributed by atoms with Crippen molar-refractivity contribution in [3.63, 3.8) is 0 Å². The Bertz CT molecular complexity index is 183. The smallest absolute Gasteiger partial charge is 0.251 e. The van der Waals surface area contributed by atoms with E-state index in [0.29, 0.717) is 6.54 Å². The van der Waals surface area contributed by atoms with Crippen molar-refractivity contribution < 1.29 is 9.53 Å². The Morgan fingerprint density at radius 3 is 2.15 bits per heavy atom. The molecular formula is C9H20N2O2. The second-order valence-corrected chi connectivity index (χ2v) is 4.39. The van der Waals surface area contributed by atoms with Crippen LogP contribution in [-0.2, 0) is 9.53 Å². The molecule has 0 atom stereocenters. The molecule has 0 heterocycles. The second-order valence-electron chi connectivity index (χ2n) is 4.39. The highest BCUT2D eigenvalue weighted by Crippen LogP contribution is 2.07. The predicted octanol–water partition coefficient (Wildman–Crippen LogP) is 0.265. The van der Waals surface area contributed by atoms with E-state index in [1.807, 2.05) is 13.8 Å². The van der Waals surface area contributed by atoms with Gasteiger partial charge in [0.15, 0.2) is 0 Å². The van der Waals surface area contributed by atoms with Gasteiger partial charge in [-0.2, -0.15) is 0 Å². The van der Waals surface area contributed by atoms with Gasteiger partial charge in [-0.1, -0.05) is 0 Å². The van der Waals surface area contributed by atoms with Crippen molar-refractivity contribution in [2.24, 2.45) is 5.73 Å². The van der Waals surface area contributed by atoms with Gasteiger partial charge in [0.05, 0.1) is 0 Å². The van der Waals surface area contributed by atoms with E-state index in [2.05, 4.69) is 5.32 Å². The van der Waals surface area contributed by atoms with Crippen LogP contribution in [0.3, 0.4) is 0 Å². The van der Waals surface area contributed by atoms with E-state index >= 15 is 0 Å². The van der Waals surface area contributed by atoms with Crippen molar-refractivity contribution >= 4 is 5.91 Å². The number of methoxy groups -OCH3 is 1. The van der Waals surface area contributed by atoms with E-state index in [0.717, 1.165) is 0 Å². The summed E-state index contributed by atoms with van der Waals surface area (Å²) in [4.78, 5) is 11.5. The quantitative estimate of drug-likeness (QED) is 0.665. The first-order valence-corrected chi connectivity index (χ1v) is 4.31. The number of ether oxygens (including phenoxy) is 1. The monoisotopic (exact) mass is 188 g/mol. The largest absolute Gasteiger partial charge is 0.369 e. The highest BCUT2D eigenvalue weighted by atomic mass is 16.5. The Kier molecular flexibility index (Phi) is 3.88. The molecule has 13 heavy (non-hydrogen) atoms. The van der Waals surface area contributed by atoms with Gasteiger partial charge in [0.1, 0.15) is 5.60 Å². The van der Waals surface area contributed by atoms with Crippen molar-refractivity contribution in [1.29, 1.82) is 0 Å². The van der Waals surface area contributed by atoms with Gasteiger partial charge in [-0.05, 0) is 27.7 Å². The molecule has 0 spiro atoms. The standard InChI is InChI=1S/C9H20N2O2/c1-8(2,10)6-11-7(12)9(3,4)13-5/h6,10H2,1-5H3,(H,11,12). The minimum absolute atomic E-state index is 0.145. The summed E-state index contributed by atoms with van der Waals surface area (Å²) in [6, 6.07) is 0. The number of hydrogen-bond acceptors (Lipinski definition) is 3. The first kappa shape index (κ1) is 12.4. The van der Waals surface area contributed by atoms with Gasteiger partial charge in [-0.25, -0.2) is 0 Å². The minimum Gasteiger partial charge on any atom is -0.369 e. The summed E-state index contributed by atoms with van der Waals surface area (Å²) in [7, 11) is 1.51. The molecule has 0 aliphatic heterocycles. The lowest BCUT2D eigenvalue weighted by molar-refractivity contribution is -0.139. The van der Waals surface area contributed by atoms with E-state index in [1.54, 1.807) is 13.8 Å². The Hall–Kier alpha value is -0.610. The lowest BCUT2D eigenvalue weighted by Gasteiger charge is -2.25. The number of carbonyl (C=O) groups is 1. The molecule has 0 saturated heterocycles. The van der Waals surface area contributed by atoms with Gasteiger partial charge in [0.2, 0.25) is 0 Å². The minimum atomic E-state index is -0.786. The maximum atomic E-state index is 11.5. The molecule has 4 heteroatoms. The highest BCUT2D eigenvalue weighted by molar-refractivity contribution is 5.84. The summed E-state index contributed by atoms with van der Waals surface area (Å²) in [5, 5.41) is 2.72. The number of amides is 1. The summed E-state index contributed by atoms with van der Waals surface area (Å²) < 4.78 is 5.01. The van der Waals surface area contributed by atoms with Gasteiger partial charge in [-0.3, -0.25) is 4.79 Å². The van der Waals surface area contributed by atoms with Crippen LogP contribution in [-0.4, -0.2) is 30.7 Å². The molecule has 0 unspecified atom stereocenters. The third-order valence-electron chi connectivity index (χ3n) is 1.76. The number of nitrogens with two attached hydrogens (primary N) is 1. The highest BCUT2D eigenvalue weighted by Gasteiger charge is 2.27. The molecule has 0 aromatic carbocycles. The fourth-order valence-electron chi connectivity index (χ4n) is 0.614. The lowest BCUT2D eigenvalue weighted by atomic mass is 10.1. The summed E-state index contributed by atoms with van der Waals surface area (Å²) in [5.41, 5.74) is 4.54. The van der Waals surface area contributed by atoms with Crippen molar-refractivity contribution in [2.45, 2.75) is 38.8 Å². The zero-order valence-electron chi connectivity index (χ0n) is 9.10. The molecule has 3 N–H and O–H groups in total. The van der Waals surface area contributed by atoms with Crippen molar-refractivity contribution in [3.05, 3.63) is 0 Å². The fourth-order valence-corrected chi connectivity index (χ4v) is 0.614. The van der Waals surface area contributed by atoms with Crippen LogP contribution in [0.2, 0.25) is 0 Å². The summed E-state index contributed by atoms with van der Waals surface area (Å²) in [6.07, 6.45) is 0. The van der Waals surface area contributed by atoms with Crippen LogP contribution in [0.15, 0.2) is 0 Å². The summed E-state index contributed by atoms with van der Waals surface area (Å²) in [5.74, 6) is -0.145. The second kappa shape index (κ2) is 4.07. The van der Waals surface area contributed by atoms with Crippen LogP contribution in [0.25, 0.3) is 0 Å². The third kappa shape index (κ3) is 4.85. The van der Waals surface area contributed by atoms with Crippen molar-refractivity contribution in [2.75, 3.05) is 13.7 Å². The van der Waals surface area contributed by atoms with Crippen molar-refractivity contribution in [1.82, 2.24) is 5.32 Å². The SMILES string of the molecule is COC(C)(C)C(=O)NCC(C)(C)N. The molecule has 0 saturated carbocycles. The molecule has 0 aromatic rings. The maximum absolute atomic E-state index is 11.5. The van der Waals surface area contributed by atoms with Gasteiger partial charge in [0, 0.05) is 19.2 Å². The maximum Gasteiger partial charge on any atom is 0.251 e. The summed E-state index contributed by atoms with van der Waals surface area (Å²) in [6.45, 7) is 7.58. The summed E-state index contributed by atoms with van der Waals surface area (Å²) >= 11 is 0.